The Kier molecular flexibility index (Phi) is 64.5. The molecule has 0 aliphatic carbocycles. The fourth-order valence-corrected chi connectivity index (χ4v) is 10.5. The number of amides is 1. The van der Waals surface area contributed by atoms with E-state index in [-0.39, 0.29) is 18.5 Å². The van der Waals surface area contributed by atoms with E-state index in [9.17, 15) is 19.8 Å². The van der Waals surface area contributed by atoms with Gasteiger partial charge in [-0.1, -0.05) is 313 Å². The maximum absolute atomic E-state index is 12.5. The highest BCUT2D eigenvalue weighted by atomic mass is 16.5. The van der Waals surface area contributed by atoms with E-state index in [4.69, 9.17) is 4.74 Å². The van der Waals surface area contributed by atoms with Crippen molar-refractivity contribution in [1.29, 1.82) is 0 Å². The van der Waals surface area contributed by atoms with Gasteiger partial charge in [-0.2, -0.15) is 0 Å². The number of carbonyl (C=O) groups excluding carboxylic acids is 2. The van der Waals surface area contributed by atoms with Gasteiger partial charge in [-0.3, -0.25) is 9.59 Å². The van der Waals surface area contributed by atoms with Crippen molar-refractivity contribution in [2.75, 3.05) is 13.2 Å². The molecule has 0 aromatic rings. The van der Waals surface area contributed by atoms with Crippen LogP contribution in [0.4, 0.5) is 0 Å². The van der Waals surface area contributed by atoms with Crippen LogP contribution in [0, 0.1) is 0 Å². The predicted molar refractivity (Wildman–Crippen MR) is 338 cm³/mol. The fourth-order valence-electron chi connectivity index (χ4n) is 10.5. The summed E-state index contributed by atoms with van der Waals surface area (Å²) in [4.78, 5) is 24.6. The minimum Gasteiger partial charge on any atom is -0.466 e. The van der Waals surface area contributed by atoms with Crippen molar-refractivity contribution < 1.29 is 24.5 Å². The first-order valence-electron chi connectivity index (χ1n) is 34.4. The summed E-state index contributed by atoms with van der Waals surface area (Å²) in [6, 6.07) is -0.635. The molecular formula is C71H133NO5. The first kappa shape index (κ1) is 74.8. The van der Waals surface area contributed by atoms with Crippen molar-refractivity contribution in [1.82, 2.24) is 5.32 Å². The SMILES string of the molecule is CCCCC/C=C\C/C=C\CCCCCCCCCCCC(=O)OCCCCCCCCCCCC/C=C\CCCCCCCCCC(=O)NC(CO)C(O)/C=C/CCCCCCCCCCCCCCCCCCCC. The Morgan fingerprint density at radius 2 is 0.649 bits per heavy atom. The summed E-state index contributed by atoms with van der Waals surface area (Å²) in [6.07, 6.45) is 86.0. The van der Waals surface area contributed by atoms with Crippen LogP contribution < -0.4 is 5.32 Å². The van der Waals surface area contributed by atoms with E-state index in [1.165, 1.54) is 283 Å². The fraction of sp³-hybridized carbons (Fsp3) is 0.859. The number of aliphatic hydroxyl groups excluding tert-OH is 2. The maximum Gasteiger partial charge on any atom is 0.305 e. The summed E-state index contributed by atoms with van der Waals surface area (Å²) in [6.45, 7) is 4.90. The summed E-state index contributed by atoms with van der Waals surface area (Å²) >= 11 is 0. The van der Waals surface area contributed by atoms with Crippen LogP contribution in [0.2, 0.25) is 0 Å². The molecule has 0 aliphatic rings. The van der Waals surface area contributed by atoms with Crippen LogP contribution in [0.15, 0.2) is 48.6 Å². The van der Waals surface area contributed by atoms with Gasteiger partial charge in [0.15, 0.2) is 0 Å². The smallest absolute Gasteiger partial charge is 0.305 e. The number of unbranched alkanes of at least 4 members (excludes halogenated alkanes) is 47. The zero-order valence-electron chi connectivity index (χ0n) is 51.7. The number of hydrogen-bond acceptors (Lipinski definition) is 5. The molecule has 3 N–H and O–H groups in total. The van der Waals surface area contributed by atoms with Crippen LogP contribution in [0.3, 0.4) is 0 Å². The van der Waals surface area contributed by atoms with Crippen LogP contribution in [0.5, 0.6) is 0 Å². The monoisotopic (exact) mass is 1080 g/mol. The zero-order valence-corrected chi connectivity index (χ0v) is 51.7. The molecule has 2 atom stereocenters. The molecule has 0 heterocycles. The number of aliphatic hydroxyl groups is 2. The third-order valence-corrected chi connectivity index (χ3v) is 15.8. The van der Waals surface area contributed by atoms with Crippen molar-refractivity contribution >= 4 is 11.9 Å². The molecule has 77 heavy (non-hydrogen) atoms. The van der Waals surface area contributed by atoms with Crippen LogP contribution >= 0.6 is 0 Å². The Hall–Kier alpha value is -2.18. The van der Waals surface area contributed by atoms with Gasteiger partial charge in [0.05, 0.1) is 25.4 Å². The number of ether oxygens (including phenoxy) is 1. The third kappa shape index (κ3) is 62.9. The third-order valence-electron chi connectivity index (χ3n) is 15.8. The molecule has 0 radical (unpaired) electrons. The van der Waals surface area contributed by atoms with Crippen molar-refractivity contribution in [3.63, 3.8) is 0 Å². The molecule has 1 amide bonds. The van der Waals surface area contributed by atoms with E-state index >= 15 is 0 Å². The molecule has 0 fully saturated rings. The summed E-state index contributed by atoms with van der Waals surface area (Å²) in [5.74, 6) is -0.0692. The summed E-state index contributed by atoms with van der Waals surface area (Å²) in [7, 11) is 0. The molecule has 6 heteroatoms. The van der Waals surface area contributed by atoms with Gasteiger partial charge in [0.1, 0.15) is 0 Å². The van der Waals surface area contributed by atoms with E-state index in [0.29, 0.717) is 19.4 Å². The van der Waals surface area contributed by atoms with Crippen LogP contribution in [0.25, 0.3) is 0 Å². The van der Waals surface area contributed by atoms with Gasteiger partial charge in [-0.15, -0.1) is 0 Å². The first-order chi connectivity index (χ1) is 38.0. The summed E-state index contributed by atoms with van der Waals surface area (Å²) < 4.78 is 5.50. The van der Waals surface area contributed by atoms with Gasteiger partial charge in [0, 0.05) is 12.8 Å². The number of rotatable bonds is 64. The van der Waals surface area contributed by atoms with Gasteiger partial charge >= 0.3 is 5.97 Å². The minimum absolute atomic E-state index is 0.00404. The molecule has 6 nitrogen and oxygen atoms in total. The van der Waals surface area contributed by atoms with E-state index in [0.717, 1.165) is 57.8 Å². The molecule has 0 saturated heterocycles. The van der Waals surface area contributed by atoms with Crippen molar-refractivity contribution in [3.05, 3.63) is 48.6 Å². The van der Waals surface area contributed by atoms with Gasteiger partial charge in [0.2, 0.25) is 5.91 Å². The lowest BCUT2D eigenvalue weighted by Crippen LogP contribution is -2.45. The number of carbonyl (C=O) groups is 2. The Morgan fingerprint density at radius 3 is 1.03 bits per heavy atom. The number of esters is 1. The molecule has 0 bridgehead atoms. The van der Waals surface area contributed by atoms with Crippen LogP contribution in [0.1, 0.15) is 367 Å². The first-order valence-corrected chi connectivity index (χ1v) is 34.4. The Balaban J connectivity index is 3.44. The van der Waals surface area contributed by atoms with Crippen LogP contribution in [-0.2, 0) is 14.3 Å². The predicted octanol–water partition coefficient (Wildman–Crippen LogP) is 22.1. The van der Waals surface area contributed by atoms with Crippen LogP contribution in [-0.4, -0.2) is 47.4 Å². The van der Waals surface area contributed by atoms with Crippen molar-refractivity contribution in [3.8, 4) is 0 Å². The highest BCUT2D eigenvalue weighted by Gasteiger charge is 2.18. The minimum atomic E-state index is -0.851. The largest absolute Gasteiger partial charge is 0.466 e. The van der Waals surface area contributed by atoms with E-state index in [2.05, 4.69) is 55.6 Å². The molecule has 0 saturated carbocycles. The average molecular weight is 1080 g/mol. The average Bonchev–Trinajstić information content (AvgIpc) is 3.43. The zero-order chi connectivity index (χ0) is 55.7. The maximum atomic E-state index is 12.5. The normalized spacial score (nSPS) is 12.8. The molecule has 0 aromatic carbocycles. The molecular weight excluding hydrogens is 947 g/mol. The Labute approximate surface area is 480 Å². The molecule has 0 aliphatic heterocycles. The molecule has 0 spiro atoms. The lowest BCUT2D eigenvalue weighted by Gasteiger charge is -2.20. The van der Waals surface area contributed by atoms with Crippen molar-refractivity contribution in [2.45, 2.75) is 379 Å². The highest BCUT2D eigenvalue weighted by Crippen LogP contribution is 2.18. The second-order valence-electron chi connectivity index (χ2n) is 23.5. The molecule has 452 valence electrons. The summed E-state index contributed by atoms with van der Waals surface area (Å²) in [5.41, 5.74) is 0. The Morgan fingerprint density at radius 1 is 0.364 bits per heavy atom. The number of nitrogens with one attached hydrogen (secondary N) is 1. The van der Waals surface area contributed by atoms with Gasteiger partial charge in [-0.05, 0) is 89.9 Å². The number of allylic oxidation sites excluding steroid dienone is 7. The van der Waals surface area contributed by atoms with Crippen molar-refractivity contribution in [2.24, 2.45) is 0 Å². The topological polar surface area (TPSA) is 95.9 Å². The molecule has 2 unspecified atom stereocenters. The number of hydrogen-bond donors (Lipinski definition) is 3. The van der Waals surface area contributed by atoms with Gasteiger partial charge in [-0.25, -0.2) is 0 Å². The van der Waals surface area contributed by atoms with Gasteiger partial charge in [0.25, 0.3) is 0 Å². The highest BCUT2D eigenvalue weighted by molar-refractivity contribution is 5.76. The molecule has 0 aromatic heterocycles. The summed E-state index contributed by atoms with van der Waals surface area (Å²) in [5, 5.41) is 23.2. The second kappa shape index (κ2) is 66.3. The quantitative estimate of drug-likeness (QED) is 0.0320. The molecule has 0 rings (SSSR count). The second-order valence-corrected chi connectivity index (χ2v) is 23.5. The standard InChI is InChI=1S/C71H133NO5/c1-3-5-7-9-11-13-15-17-19-21-23-28-31-35-39-43-47-51-55-59-63-69(74)68(67-73)72-70(75)64-60-56-52-48-44-40-36-32-29-25-24-26-30-34-38-42-46-50-54-58-62-66-77-71(76)65-61-57-53-49-45-41-37-33-27-22-20-18-16-14-12-10-8-6-4-2/h12,14,18,20,25,29,59,63,68-69,73-74H,3-11,13,15-17,19,21-24,26-28,30-58,60-62,64-67H2,1-2H3,(H,72,75)/b14-12-,20-18-,29-25-,63-59+. The van der Waals surface area contributed by atoms with E-state index < -0.39 is 12.1 Å². The van der Waals surface area contributed by atoms with E-state index in [1.54, 1.807) is 6.08 Å². The lowest BCUT2D eigenvalue weighted by molar-refractivity contribution is -0.143. The lowest BCUT2D eigenvalue weighted by atomic mass is 10.0. The van der Waals surface area contributed by atoms with E-state index in [1.807, 2.05) is 6.08 Å². The van der Waals surface area contributed by atoms with Gasteiger partial charge < -0.3 is 20.3 Å². The Bertz CT molecular complexity index is 1290.